The Hall–Kier alpha value is -1.56. The predicted molar refractivity (Wildman–Crippen MR) is 122 cm³/mol. The molecule has 2 N–H and O–H groups in total. The first-order chi connectivity index (χ1) is 14.4. The van der Waals surface area contributed by atoms with Crippen LogP contribution in [-0.4, -0.2) is 40.3 Å². The van der Waals surface area contributed by atoms with Gasteiger partial charge in [0.1, 0.15) is 0 Å². The number of benzene rings is 1. The second-order valence-corrected chi connectivity index (χ2v) is 12.1. The molecule has 1 aromatic carbocycles. The van der Waals surface area contributed by atoms with E-state index >= 15 is 0 Å². The molecule has 4 saturated carbocycles. The Morgan fingerprint density at radius 2 is 1.70 bits per heavy atom. The van der Waals surface area contributed by atoms with Gasteiger partial charge in [-0.3, -0.25) is 4.79 Å². The molecule has 162 valence electrons. The van der Waals surface area contributed by atoms with E-state index in [0.29, 0.717) is 10.2 Å². The highest BCUT2D eigenvalue weighted by Gasteiger charge is 2.57. The molecule has 5 nitrogen and oxygen atoms in total. The van der Waals surface area contributed by atoms with Crippen molar-refractivity contribution in [2.45, 2.75) is 68.2 Å². The molecular weight excluding hydrogens is 442 g/mol. The summed E-state index contributed by atoms with van der Waals surface area (Å²) in [5, 5.41) is 5.94. The van der Waals surface area contributed by atoms with Gasteiger partial charge in [-0.2, -0.15) is 0 Å². The van der Waals surface area contributed by atoms with Crippen molar-refractivity contribution < 1.29 is 9.59 Å². The Morgan fingerprint density at radius 3 is 2.33 bits per heavy atom. The normalized spacial score (nSPS) is 35.3. The molecule has 30 heavy (non-hydrogen) atoms. The highest BCUT2D eigenvalue weighted by atomic mass is 79.9. The number of carbonyl (C=O) groups excluding carboxylic acids is 2. The Bertz CT molecular complexity index is 792. The zero-order valence-corrected chi connectivity index (χ0v) is 19.1. The molecule has 2 atom stereocenters. The first-order valence-electron chi connectivity index (χ1n) is 11.5. The van der Waals surface area contributed by atoms with Crippen LogP contribution >= 0.6 is 15.9 Å². The molecule has 1 saturated heterocycles. The van der Waals surface area contributed by atoms with E-state index in [1.807, 2.05) is 35.2 Å². The zero-order chi connectivity index (χ0) is 20.8. The Kier molecular flexibility index (Phi) is 5.32. The minimum Gasteiger partial charge on any atom is -0.343 e. The van der Waals surface area contributed by atoms with E-state index in [2.05, 4.69) is 26.6 Å². The van der Waals surface area contributed by atoms with Crippen molar-refractivity contribution in [3.63, 3.8) is 0 Å². The molecule has 4 aliphatic carbocycles. The quantitative estimate of drug-likeness (QED) is 0.609. The van der Waals surface area contributed by atoms with Crippen molar-refractivity contribution in [1.82, 2.24) is 10.2 Å². The van der Waals surface area contributed by atoms with Gasteiger partial charge in [0, 0.05) is 35.6 Å². The first kappa shape index (κ1) is 20.3. The maximum atomic E-state index is 13.2. The smallest absolute Gasteiger partial charge is 0.319 e. The fourth-order valence-corrected chi connectivity index (χ4v) is 8.63. The van der Waals surface area contributed by atoms with E-state index in [0.717, 1.165) is 49.9 Å². The molecule has 6 rings (SSSR count). The van der Waals surface area contributed by atoms with Gasteiger partial charge in [0.2, 0.25) is 5.91 Å². The summed E-state index contributed by atoms with van der Waals surface area (Å²) in [6, 6.07) is 9.45. The number of rotatable bonds is 4. The molecule has 5 fully saturated rings. The molecule has 1 aliphatic heterocycles. The number of para-hydroxylation sites is 1. The number of likely N-dealkylation sites (tertiary alicyclic amines) is 1. The summed E-state index contributed by atoms with van der Waals surface area (Å²) in [6.45, 7) is 1.50. The van der Waals surface area contributed by atoms with Crippen LogP contribution in [0.3, 0.4) is 0 Å². The Labute approximate surface area is 187 Å². The average Bonchev–Trinajstić information content (AvgIpc) is 2.67. The van der Waals surface area contributed by atoms with Crippen LogP contribution < -0.4 is 10.6 Å². The van der Waals surface area contributed by atoms with Gasteiger partial charge in [0.25, 0.3) is 0 Å². The van der Waals surface area contributed by atoms with Crippen molar-refractivity contribution in [2.24, 2.45) is 17.3 Å². The van der Waals surface area contributed by atoms with Gasteiger partial charge >= 0.3 is 6.03 Å². The monoisotopic (exact) mass is 473 g/mol. The topological polar surface area (TPSA) is 61.4 Å². The van der Waals surface area contributed by atoms with Crippen LogP contribution in [0.4, 0.5) is 10.5 Å². The van der Waals surface area contributed by atoms with Gasteiger partial charge in [0.05, 0.1) is 0 Å². The molecule has 1 aromatic rings. The highest BCUT2D eigenvalue weighted by molar-refractivity contribution is 9.10. The van der Waals surface area contributed by atoms with Crippen molar-refractivity contribution in [1.29, 1.82) is 0 Å². The van der Waals surface area contributed by atoms with Gasteiger partial charge < -0.3 is 15.5 Å². The minimum absolute atomic E-state index is 0.128. The fraction of sp³-hybridized carbons (Fsp3) is 0.667. The summed E-state index contributed by atoms with van der Waals surface area (Å²) in [4.78, 5) is 27.5. The summed E-state index contributed by atoms with van der Waals surface area (Å²) >= 11 is 4.06. The third-order valence-electron chi connectivity index (χ3n) is 7.85. The number of anilines is 1. The molecule has 0 aromatic heterocycles. The van der Waals surface area contributed by atoms with E-state index in [1.165, 1.54) is 38.5 Å². The van der Waals surface area contributed by atoms with Crippen molar-refractivity contribution in [3.05, 3.63) is 30.3 Å². The van der Waals surface area contributed by atoms with E-state index in [4.69, 9.17) is 0 Å². The number of urea groups is 1. The van der Waals surface area contributed by atoms with Crippen LogP contribution in [-0.2, 0) is 4.79 Å². The fourth-order valence-electron chi connectivity index (χ4n) is 7.12. The lowest BCUT2D eigenvalue weighted by Gasteiger charge is -2.60. The number of piperidine rings is 1. The van der Waals surface area contributed by atoms with Crippen molar-refractivity contribution in [2.75, 3.05) is 18.4 Å². The van der Waals surface area contributed by atoms with E-state index < -0.39 is 0 Å². The summed E-state index contributed by atoms with van der Waals surface area (Å²) in [5.74, 6) is 1.97. The van der Waals surface area contributed by atoms with Gasteiger partial charge in [-0.25, -0.2) is 4.79 Å². The third-order valence-corrected chi connectivity index (χ3v) is 8.78. The lowest BCUT2D eigenvalue weighted by molar-refractivity contribution is -0.139. The number of halogens is 1. The van der Waals surface area contributed by atoms with Gasteiger partial charge in [-0.05, 0) is 80.8 Å². The molecule has 5 aliphatic rings. The van der Waals surface area contributed by atoms with E-state index in [1.54, 1.807) is 0 Å². The molecule has 4 bridgehead atoms. The lowest BCUT2D eigenvalue weighted by Crippen LogP contribution is -2.55. The van der Waals surface area contributed by atoms with Crippen LogP contribution in [0.5, 0.6) is 0 Å². The van der Waals surface area contributed by atoms with Gasteiger partial charge in [-0.1, -0.05) is 34.1 Å². The molecule has 2 unspecified atom stereocenters. The Morgan fingerprint density at radius 1 is 1.03 bits per heavy atom. The summed E-state index contributed by atoms with van der Waals surface area (Å²) in [5.41, 5.74) is 1.03. The van der Waals surface area contributed by atoms with Crippen LogP contribution in [0, 0.1) is 17.3 Å². The zero-order valence-electron chi connectivity index (χ0n) is 17.5. The molecular formula is C24H32BrN3O2. The summed E-state index contributed by atoms with van der Waals surface area (Å²) < 4.78 is 0.306. The van der Waals surface area contributed by atoms with Crippen LogP contribution in [0.25, 0.3) is 0 Å². The van der Waals surface area contributed by atoms with Crippen LogP contribution in [0.1, 0.15) is 57.8 Å². The number of nitrogens with zero attached hydrogens (tertiary/aromatic N) is 1. The first-order valence-corrected chi connectivity index (χ1v) is 12.3. The van der Waals surface area contributed by atoms with Gasteiger partial charge in [0.15, 0.2) is 0 Å². The standard InChI is InChI=1S/C24H32BrN3O2/c25-24-13-17-10-18(14-24)12-23(11-17,16-24)15-21(29)28-8-6-20(7-9-28)27-22(30)26-19-4-2-1-3-5-19/h1-5,17-18,20H,6-16H2,(H2,26,27,30). The highest BCUT2D eigenvalue weighted by Crippen LogP contribution is 2.65. The predicted octanol–water partition coefficient (Wildman–Crippen LogP) is 4.92. The maximum Gasteiger partial charge on any atom is 0.319 e. The SMILES string of the molecule is O=C(Nc1ccccc1)NC1CCN(C(=O)CC23CC4CC(CC(Br)(C4)C2)C3)CC1. The average molecular weight is 474 g/mol. The van der Waals surface area contributed by atoms with Crippen LogP contribution in [0.15, 0.2) is 30.3 Å². The van der Waals surface area contributed by atoms with E-state index in [-0.39, 0.29) is 17.5 Å². The third kappa shape index (κ3) is 4.25. The molecule has 0 spiro atoms. The number of amides is 3. The maximum absolute atomic E-state index is 13.2. The molecule has 0 radical (unpaired) electrons. The second-order valence-electron chi connectivity index (χ2n) is 10.4. The van der Waals surface area contributed by atoms with Crippen LogP contribution in [0.2, 0.25) is 0 Å². The minimum atomic E-state index is -0.165. The summed E-state index contributed by atoms with van der Waals surface area (Å²) in [7, 11) is 0. The number of hydrogen-bond acceptors (Lipinski definition) is 2. The number of hydrogen-bond donors (Lipinski definition) is 2. The largest absolute Gasteiger partial charge is 0.343 e. The molecule has 6 heteroatoms. The number of carbonyl (C=O) groups is 2. The summed E-state index contributed by atoms with van der Waals surface area (Å²) in [6.07, 6.45) is 10.1. The van der Waals surface area contributed by atoms with Crippen molar-refractivity contribution >= 4 is 33.6 Å². The number of nitrogens with one attached hydrogen (secondary N) is 2. The Balaban J connectivity index is 1.11. The second kappa shape index (κ2) is 7.85. The van der Waals surface area contributed by atoms with Gasteiger partial charge in [-0.15, -0.1) is 0 Å². The number of alkyl halides is 1. The molecule has 3 amide bonds. The lowest BCUT2D eigenvalue weighted by atomic mass is 9.48. The van der Waals surface area contributed by atoms with Crippen molar-refractivity contribution in [3.8, 4) is 0 Å². The van der Waals surface area contributed by atoms with E-state index in [9.17, 15) is 9.59 Å². The molecule has 1 heterocycles.